The Morgan fingerprint density at radius 1 is 1.38 bits per heavy atom. The predicted molar refractivity (Wildman–Crippen MR) is 47.9 cm³/mol. The van der Waals surface area contributed by atoms with Crippen LogP contribution < -0.4 is 5.32 Å². The fraction of sp³-hybridized carbons (Fsp3) is 0.300. The van der Waals surface area contributed by atoms with Gasteiger partial charge in [0.25, 0.3) is 0 Å². The average Bonchev–Trinajstić information content (AvgIpc) is 2.17. The molecule has 2 unspecified atom stereocenters. The highest BCUT2D eigenvalue weighted by Crippen LogP contribution is 2.25. The zero-order valence-electron chi connectivity index (χ0n) is 7.10. The normalized spacial score (nSPS) is 23.2. The summed E-state index contributed by atoms with van der Waals surface area (Å²) in [7, 11) is 0. The lowest BCUT2D eigenvalue weighted by Crippen LogP contribution is -2.51. The lowest BCUT2D eigenvalue weighted by molar-refractivity contribution is -0.136. The van der Waals surface area contributed by atoms with Gasteiger partial charge in [-0.05, 0) is 5.56 Å². The molecule has 0 bridgehead atoms. The third-order valence-electron chi connectivity index (χ3n) is 2.36. The quantitative estimate of drug-likeness (QED) is 0.645. The van der Waals surface area contributed by atoms with Crippen molar-refractivity contribution in [1.29, 1.82) is 0 Å². The van der Waals surface area contributed by atoms with Crippen LogP contribution in [0.3, 0.4) is 0 Å². The highest BCUT2D eigenvalue weighted by molar-refractivity contribution is 5.85. The van der Waals surface area contributed by atoms with Gasteiger partial charge in [0.2, 0.25) is 5.91 Å². The van der Waals surface area contributed by atoms with Crippen LogP contribution >= 0.6 is 0 Å². The van der Waals surface area contributed by atoms with Crippen molar-refractivity contribution < 1.29 is 9.90 Å². The summed E-state index contributed by atoms with van der Waals surface area (Å²) in [6.45, 7) is 0.578. The van der Waals surface area contributed by atoms with E-state index in [9.17, 15) is 9.90 Å². The number of aliphatic hydroxyl groups excluding tert-OH is 1. The van der Waals surface area contributed by atoms with E-state index in [-0.39, 0.29) is 11.8 Å². The molecule has 0 spiro atoms. The van der Waals surface area contributed by atoms with Crippen molar-refractivity contribution in [1.82, 2.24) is 5.32 Å². The molecule has 1 heterocycles. The zero-order valence-corrected chi connectivity index (χ0v) is 7.10. The van der Waals surface area contributed by atoms with Crippen LogP contribution in [0.5, 0.6) is 0 Å². The molecule has 0 saturated carbocycles. The summed E-state index contributed by atoms with van der Waals surface area (Å²) in [5, 5.41) is 12.4. The van der Waals surface area contributed by atoms with E-state index in [2.05, 4.69) is 5.32 Å². The largest absolute Gasteiger partial charge is 0.388 e. The molecule has 1 aromatic rings. The van der Waals surface area contributed by atoms with Crippen LogP contribution in [0, 0.1) is 5.92 Å². The molecule has 3 nitrogen and oxygen atoms in total. The Morgan fingerprint density at radius 3 is 2.54 bits per heavy atom. The predicted octanol–water partition coefficient (Wildman–Crippen LogP) is 0.466. The minimum absolute atomic E-state index is 0.0589. The summed E-state index contributed by atoms with van der Waals surface area (Å²) in [5.74, 6) is -0.321. The van der Waals surface area contributed by atoms with Gasteiger partial charge in [-0.15, -0.1) is 0 Å². The highest BCUT2D eigenvalue weighted by Gasteiger charge is 2.34. The molecule has 1 saturated heterocycles. The first-order valence-electron chi connectivity index (χ1n) is 4.30. The van der Waals surface area contributed by atoms with Gasteiger partial charge in [0.1, 0.15) is 0 Å². The summed E-state index contributed by atoms with van der Waals surface area (Å²) in [4.78, 5) is 11.0. The number of carbonyl (C=O) groups excluding carboxylic acids is 1. The van der Waals surface area contributed by atoms with Crippen LogP contribution in [-0.2, 0) is 4.79 Å². The molecular formula is C10H11NO2. The standard InChI is InChI=1S/C10H11NO2/c12-9(8-6-11-10(8)13)7-4-2-1-3-5-7/h1-5,8-9,12H,6H2,(H,11,13). The van der Waals surface area contributed by atoms with Gasteiger partial charge < -0.3 is 10.4 Å². The molecule has 0 radical (unpaired) electrons. The molecule has 2 atom stereocenters. The van der Waals surface area contributed by atoms with E-state index in [4.69, 9.17) is 0 Å². The first-order valence-corrected chi connectivity index (χ1v) is 4.30. The molecule has 1 aliphatic rings. The molecule has 1 fully saturated rings. The summed E-state index contributed by atoms with van der Waals surface area (Å²) in [5.41, 5.74) is 0.808. The minimum Gasteiger partial charge on any atom is -0.388 e. The van der Waals surface area contributed by atoms with Crippen LogP contribution in [0.4, 0.5) is 0 Å². The van der Waals surface area contributed by atoms with Crippen molar-refractivity contribution in [2.45, 2.75) is 6.10 Å². The number of amides is 1. The van der Waals surface area contributed by atoms with Crippen molar-refractivity contribution >= 4 is 5.91 Å². The molecule has 68 valence electrons. The van der Waals surface area contributed by atoms with E-state index >= 15 is 0 Å². The third kappa shape index (κ3) is 1.42. The summed E-state index contributed by atoms with van der Waals surface area (Å²) in [6, 6.07) is 9.26. The maximum absolute atomic E-state index is 11.0. The SMILES string of the molecule is O=C1NCC1C(O)c1ccccc1. The molecule has 13 heavy (non-hydrogen) atoms. The number of nitrogens with one attached hydrogen (secondary N) is 1. The fourth-order valence-electron chi connectivity index (χ4n) is 1.44. The van der Waals surface area contributed by atoms with E-state index in [1.807, 2.05) is 30.3 Å². The minimum atomic E-state index is -0.657. The van der Waals surface area contributed by atoms with Gasteiger partial charge in [0, 0.05) is 6.54 Å². The summed E-state index contributed by atoms with van der Waals surface area (Å²) < 4.78 is 0. The second-order valence-corrected chi connectivity index (χ2v) is 3.21. The number of hydrogen-bond acceptors (Lipinski definition) is 2. The lowest BCUT2D eigenvalue weighted by Gasteiger charge is -2.30. The van der Waals surface area contributed by atoms with Crippen molar-refractivity contribution in [3.8, 4) is 0 Å². The number of β-lactam (4-membered cyclic amide) rings is 1. The Hall–Kier alpha value is -1.35. The summed E-state index contributed by atoms with van der Waals surface area (Å²) in [6.07, 6.45) is -0.657. The van der Waals surface area contributed by atoms with Gasteiger partial charge in [-0.2, -0.15) is 0 Å². The van der Waals surface area contributed by atoms with Crippen LogP contribution in [0.25, 0.3) is 0 Å². The Kier molecular flexibility index (Phi) is 2.02. The highest BCUT2D eigenvalue weighted by atomic mass is 16.3. The maximum Gasteiger partial charge on any atom is 0.227 e. The molecule has 0 aliphatic carbocycles. The lowest BCUT2D eigenvalue weighted by atomic mass is 9.90. The Labute approximate surface area is 76.4 Å². The Morgan fingerprint density at radius 2 is 2.08 bits per heavy atom. The van der Waals surface area contributed by atoms with Crippen LogP contribution in [0.1, 0.15) is 11.7 Å². The van der Waals surface area contributed by atoms with Gasteiger partial charge in [0.05, 0.1) is 12.0 Å². The Bertz CT molecular complexity index is 310. The van der Waals surface area contributed by atoms with Gasteiger partial charge in [-0.3, -0.25) is 4.79 Å². The van der Waals surface area contributed by atoms with E-state index in [0.29, 0.717) is 6.54 Å². The van der Waals surface area contributed by atoms with Gasteiger partial charge >= 0.3 is 0 Å². The first kappa shape index (κ1) is 8.26. The second kappa shape index (κ2) is 3.18. The smallest absolute Gasteiger partial charge is 0.227 e. The number of carbonyl (C=O) groups is 1. The van der Waals surface area contributed by atoms with Gasteiger partial charge in [0.15, 0.2) is 0 Å². The molecular weight excluding hydrogens is 166 g/mol. The molecule has 2 N–H and O–H groups in total. The zero-order chi connectivity index (χ0) is 9.26. The molecule has 1 aliphatic heterocycles. The topological polar surface area (TPSA) is 49.3 Å². The third-order valence-corrected chi connectivity index (χ3v) is 2.36. The monoisotopic (exact) mass is 177 g/mol. The molecule has 3 heteroatoms. The average molecular weight is 177 g/mol. The van der Waals surface area contributed by atoms with Crippen LogP contribution in [-0.4, -0.2) is 17.6 Å². The molecule has 1 aromatic carbocycles. The van der Waals surface area contributed by atoms with Crippen LogP contribution in [0.2, 0.25) is 0 Å². The Balaban J connectivity index is 2.13. The van der Waals surface area contributed by atoms with E-state index in [0.717, 1.165) is 5.56 Å². The van der Waals surface area contributed by atoms with Gasteiger partial charge in [-0.25, -0.2) is 0 Å². The van der Waals surface area contributed by atoms with Crippen molar-refractivity contribution in [3.63, 3.8) is 0 Å². The van der Waals surface area contributed by atoms with Crippen LogP contribution in [0.15, 0.2) is 30.3 Å². The van der Waals surface area contributed by atoms with Crippen molar-refractivity contribution in [2.75, 3.05) is 6.54 Å². The first-order chi connectivity index (χ1) is 6.29. The van der Waals surface area contributed by atoms with E-state index in [1.165, 1.54) is 0 Å². The fourth-order valence-corrected chi connectivity index (χ4v) is 1.44. The van der Waals surface area contributed by atoms with Crippen molar-refractivity contribution in [2.24, 2.45) is 5.92 Å². The second-order valence-electron chi connectivity index (χ2n) is 3.21. The van der Waals surface area contributed by atoms with Gasteiger partial charge in [-0.1, -0.05) is 30.3 Å². The maximum atomic E-state index is 11.0. The van der Waals surface area contributed by atoms with E-state index in [1.54, 1.807) is 0 Å². The molecule has 0 aromatic heterocycles. The number of benzene rings is 1. The van der Waals surface area contributed by atoms with E-state index < -0.39 is 6.10 Å². The molecule has 2 rings (SSSR count). The summed E-state index contributed by atoms with van der Waals surface area (Å²) >= 11 is 0. The number of rotatable bonds is 2. The number of aliphatic hydroxyl groups is 1. The molecule has 1 amide bonds. The number of hydrogen-bond donors (Lipinski definition) is 2. The van der Waals surface area contributed by atoms with Crippen molar-refractivity contribution in [3.05, 3.63) is 35.9 Å².